The molecule has 8 heteroatoms. The maximum atomic E-state index is 13.0. The number of hydrogen-bond donors (Lipinski definition) is 2. The summed E-state index contributed by atoms with van der Waals surface area (Å²) in [7, 11) is 0. The summed E-state index contributed by atoms with van der Waals surface area (Å²) in [6.45, 7) is 2.12. The second kappa shape index (κ2) is 8.31. The lowest BCUT2D eigenvalue weighted by molar-refractivity contribution is -0.119. The summed E-state index contributed by atoms with van der Waals surface area (Å²) in [5.74, 6) is 8.45. The molecule has 2 bridgehead atoms. The number of hydrogen-bond acceptors (Lipinski definition) is 6. The van der Waals surface area contributed by atoms with Gasteiger partial charge in [0.1, 0.15) is 4.83 Å². The molecule has 2 aromatic heterocycles. The van der Waals surface area contributed by atoms with E-state index >= 15 is 0 Å². The van der Waals surface area contributed by atoms with Crippen molar-refractivity contribution in [3.63, 3.8) is 0 Å². The number of thioether (sulfide) groups is 1. The largest absolute Gasteiger partial charge is 0.353 e. The van der Waals surface area contributed by atoms with Crippen LogP contribution in [0.25, 0.3) is 21.3 Å². The Kier molecular flexibility index (Phi) is 5.52. The molecule has 0 spiro atoms. The van der Waals surface area contributed by atoms with Gasteiger partial charge in [0.25, 0.3) is 5.56 Å². The number of aromatic nitrogens is 2. The maximum absolute atomic E-state index is 13.0. The molecule has 2 heterocycles. The van der Waals surface area contributed by atoms with Gasteiger partial charge >= 0.3 is 0 Å². The molecule has 0 radical (unpaired) electrons. The van der Waals surface area contributed by atoms with Gasteiger partial charge in [-0.15, -0.1) is 11.3 Å². The van der Waals surface area contributed by atoms with E-state index in [0.717, 1.165) is 27.6 Å². The number of thiophene rings is 1. The average molecular weight is 455 g/mol. The van der Waals surface area contributed by atoms with Crippen molar-refractivity contribution in [2.45, 2.75) is 43.8 Å². The van der Waals surface area contributed by atoms with Gasteiger partial charge in [0, 0.05) is 17.0 Å². The van der Waals surface area contributed by atoms with Crippen molar-refractivity contribution in [2.24, 2.45) is 17.8 Å². The number of rotatable bonds is 6. The molecule has 2 saturated carbocycles. The van der Waals surface area contributed by atoms with Crippen molar-refractivity contribution < 1.29 is 4.79 Å². The van der Waals surface area contributed by atoms with Crippen molar-refractivity contribution in [3.05, 3.63) is 46.1 Å². The van der Waals surface area contributed by atoms with Crippen LogP contribution in [0.3, 0.4) is 0 Å². The third kappa shape index (κ3) is 3.87. The predicted molar refractivity (Wildman–Crippen MR) is 127 cm³/mol. The highest BCUT2D eigenvalue weighted by Crippen LogP contribution is 2.49. The second-order valence-corrected chi connectivity index (χ2v) is 10.5. The van der Waals surface area contributed by atoms with Crippen LogP contribution >= 0.6 is 23.1 Å². The maximum Gasteiger partial charge on any atom is 0.282 e. The van der Waals surface area contributed by atoms with E-state index < -0.39 is 0 Å². The van der Waals surface area contributed by atoms with E-state index in [9.17, 15) is 9.59 Å². The number of nitrogens with one attached hydrogen (secondary N) is 1. The molecule has 0 aliphatic heterocycles. The van der Waals surface area contributed by atoms with Crippen LogP contribution in [0.5, 0.6) is 0 Å². The van der Waals surface area contributed by atoms with E-state index in [1.165, 1.54) is 48.8 Å². The fourth-order valence-corrected chi connectivity index (χ4v) is 7.07. The van der Waals surface area contributed by atoms with E-state index in [1.54, 1.807) is 0 Å². The van der Waals surface area contributed by atoms with Crippen molar-refractivity contribution in [1.82, 2.24) is 15.0 Å². The highest BCUT2D eigenvalue weighted by Gasteiger charge is 2.42. The van der Waals surface area contributed by atoms with Gasteiger partial charge in [-0.25, -0.2) is 9.66 Å². The first-order chi connectivity index (χ1) is 15.0. The van der Waals surface area contributed by atoms with Crippen LogP contribution in [0.1, 0.15) is 32.6 Å². The first-order valence-electron chi connectivity index (χ1n) is 10.8. The smallest absolute Gasteiger partial charge is 0.282 e. The Labute approximate surface area is 189 Å². The molecule has 31 heavy (non-hydrogen) atoms. The molecule has 1 amide bonds. The summed E-state index contributed by atoms with van der Waals surface area (Å²) in [5.41, 5.74) is 1.51. The minimum absolute atomic E-state index is 0.0363. The summed E-state index contributed by atoms with van der Waals surface area (Å²) < 4.78 is 1.07. The summed E-state index contributed by atoms with van der Waals surface area (Å²) >= 11 is 2.63. The third-order valence-corrected chi connectivity index (χ3v) is 8.67. The number of benzene rings is 1. The Morgan fingerprint density at radius 3 is 2.84 bits per heavy atom. The molecule has 0 saturated heterocycles. The van der Waals surface area contributed by atoms with Crippen molar-refractivity contribution in [3.8, 4) is 11.1 Å². The zero-order valence-corrected chi connectivity index (χ0v) is 19.0. The molecule has 1 aromatic carbocycles. The zero-order valence-electron chi connectivity index (χ0n) is 17.4. The lowest BCUT2D eigenvalue weighted by Crippen LogP contribution is -2.41. The van der Waals surface area contributed by atoms with Crippen LogP contribution in [0, 0.1) is 17.8 Å². The lowest BCUT2D eigenvalue weighted by atomic mass is 9.84. The van der Waals surface area contributed by atoms with Gasteiger partial charge < -0.3 is 11.2 Å². The zero-order chi connectivity index (χ0) is 21.5. The standard InChI is InChI=1S/C23H26N4O2S2/c1-13(17-10-14-7-8-16(17)9-14)25-19(28)12-31-23-26-21-20(22(29)27(23)24)18(11-30-21)15-5-3-2-4-6-15/h2-6,11,13-14,16-17H,7-10,12,24H2,1H3,(H,25,28)/t13-,14+,16+,17-/m1/s1. The number of nitrogens with two attached hydrogens (primary N) is 1. The first-order valence-corrected chi connectivity index (χ1v) is 12.6. The Balaban J connectivity index is 1.29. The Hall–Kier alpha value is -2.32. The summed E-state index contributed by atoms with van der Waals surface area (Å²) in [6, 6.07) is 9.93. The van der Waals surface area contributed by atoms with E-state index in [1.807, 2.05) is 35.7 Å². The quantitative estimate of drug-likeness (QED) is 0.335. The van der Waals surface area contributed by atoms with Gasteiger partial charge in [0.05, 0.1) is 11.1 Å². The van der Waals surface area contributed by atoms with E-state index in [4.69, 9.17) is 5.84 Å². The average Bonchev–Trinajstić information content (AvgIpc) is 3.51. The number of amides is 1. The van der Waals surface area contributed by atoms with Crippen LogP contribution in [0.4, 0.5) is 0 Å². The summed E-state index contributed by atoms with van der Waals surface area (Å²) in [4.78, 5) is 30.7. The van der Waals surface area contributed by atoms with Crippen LogP contribution in [0.15, 0.2) is 45.7 Å². The van der Waals surface area contributed by atoms with Gasteiger partial charge in [0.15, 0.2) is 5.16 Å². The lowest BCUT2D eigenvalue weighted by Gasteiger charge is -2.28. The molecule has 4 atom stereocenters. The number of fused-ring (bicyclic) bond motifs is 3. The first kappa shape index (κ1) is 20.6. The molecule has 2 aliphatic carbocycles. The van der Waals surface area contributed by atoms with Crippen LogP contribution in [-0.2, 0) is 4.79 Å². The molecule has 162 valence electrons. The molecule has 3 aromatic rings. The summed E-state index contributed by atoms with van der Waals surface area (Å²) in [5, 5.41) is 5.99. The highest BCUT2D eigenvalue weighted by atomic mass is 32.2. The Bertz CT molecular complexity index is 1170. The van der Waals surface area contributed by atoms with Gasteiger partial charge in [-0.05, 0) is 49.5 Å². The van der Waals surface area contributed by atoms with Crippen LogP contribution in [0.2, 0.25) is 0 Å². The van der Waals surface area contributed by atoms with Crippen molar-refractivity contribution in [1.29, 1.82) is 0 Å². The topological polar surface area (TPSA) is 90.0 Å². The van der Waals surface area contributed by atoms with Gasteiger partial charge in [-0.1, -0.05) is 48.5 Å². The van der Waals surface area contributed by atoms with Gasteiger partial charge in [-0.3, -0.25) is 9.59 Å². The van der Waals surface area contributed by atoms with E-state index in [2.05, 4.69) is 17.2 Å². The van der Waals surface area contributed by atoms with Gasteiger partial charge in [0.2, 0.25) is 5.91 Å². The van der Waals surface area contributed by atoms with E-state index in [0.29, 0.717) is 21.3 Å². The van der Waals surface area contributed by atoms with Crippen molar-refractivity contribution >= 4 is 39.2 Å². The number of carbonyl (C=O) groups excluding carboxylic acids is 1. The SMILES string of the molecule is C[C@@H](NC(=O)CSc1nc2scc(-c3ccccc3)c2c(=O)n1N)[C@H]1C[C@H]2CC[C@H]1C2. The highest BCUT2D eigenvalue weighted by molar-refractivity contribution is 7.99. The van der Waals surface area contributed by atoms with Crippen molar-refractivity contribution in [2.75, 3.05) is 11.6 Å². The Morgan fingerprint density at radius 2 is 2.13 bits per heavy atom. The molecular formula is C23H26N4O2S2. The second-order valence-electron chi connectivity index (χ2n) is 8.75. The number of nitrogens with zero attached hydrogens (tertiary/aromatic N) is 2. The minimum Gasteiger partial charge on any atom is -0.353 e. The fourth-order valence-electron chi connectivity index (χ4n) is 5.36. The van der Waals surface area contributed by atoms with Crippen LogP contribution < -0.4 is 16.7 Å². The minimum atomic E-state index is -0.289. The molecular weight excluding hydrogens is 428 g/mol. The van der Waals surface area contributed by atoms with Gasteiger partial charge in [-0.2, -0.15) is 0 Å². The third-order valence-electron chi connectivity index (χ3n) is 6.85. The molecule has 2 aliphatic rings. The fraction of sp³-hybridized carbons (Fsp3) is 0.435. The Morgan fingerprint density at radius 1 is 1.32 bits per heavy atom. The predicted octanol–water partition coefficient (Wildman–Crippen LogP) is 3.87. The van der Waals surface area contributed by atoms with E-state index in [-0.39, 0.29) is 23.3 Å². The normalized spacial score (nSPS) is 23.3. The summed E-state index contributed by atoms with van der Waals surface area (Å²) in [6.07, 6.45) is 5.23. The molecule has 5 rings (SSSR count). The molecule has 3 N–H and O–H groups in total. The number of nitrogen functional groups attached to an aromatic ring is 1. The molecule has 0 unspecified atom stereocenters. The number of carbonyl (C=O) groups is 1. The molecule has 2 fully saturated rings. The molecule has 6 nitrogen and oxygen atoms in total. The monoisotopic (exact) mass is 454 g/mol. The van der Waals surface area contributed by atoms with Crippen LogP contribution in [-0.4, -0.2) is 27.4 Å².